The number of likely N-dealkylation sites (N-methyl/N-ethyl adjacent to an activating group) is 1. The summed E-state index contributed by atoms with van der Waals surface area (Å²) in [6, 6.07) is 6.31. The maximum atomic E-state index is 12.9. The first kappa shape index (κ1) is 30.9. The van der Waals surface area contributed by atoms with Gasteiger partial charge < -0.3 is 19.6 Å². The van der Waals surface area contributed by atoms with Gasteiger partial charge in [0, 0.05) is 57.8 Å². The van der Waals surface area contributed by atoms with Crippen LogP contribution in [-0.2, 0) is 38.0 Å². The average molecular weight is 661 g/mol. The van der Waals surface area contributed by atoms with E-state index in [1.165, 1.54) is 16.9 Å². The van der Waals surface area contributed by atoms with Gasteiger partial charge in [-0.1, -0.05) is 30.7 Å². The average Bonchev–Trinajstić information content (AvgIpc) is 3.73. The molecule has 1 aromatic carbocycles. The van der Waals surface area contributed by atoms with Gasteiger partial charge in [-0.05, 0) is 69.7 Å². The Labute approximate surface area is 281 Å². The fraction of sp³-hybridized carbons (Fsp3) is 0.600. The van der Waals surface area contributed by atoms with Gasteiger partial charge in [0.15, 0.2) is 5.69 Å². The number of aryl methyl sites for hydroxylation is 2. The highest BCUT2D eigenvalue weighted by atomic mass is 35.5. The van der Waals surface area contributed by atoms with Crippen molar-refractivity contribution in [1.82, 2.24) is 34.4 Å². The molecule has 8 rings (SSSR count). The van der Waals surface area contributed by atoms with Gasteiger partial charge in [-0.2, -0.15) is 15.1 Å². The van der Waals surface area contributed by atoms with Crippen LogP contribution in [0.25, 0.3) is 0 Å². The summed E-state index contributed by atoms with van der Waals surface area (Å²) < 4.78 is 8.54. The topological polar surface area (TPSA) is 103 Å². The number of hydrogen-bond donors (Lipinski definition) is 1. The van der Waals surface area contributed by atoms with Gasteiger partial charge in [-0.25, -0.2) is 0 Å². The Kier molecular flexibility index (Phi) is 7.46. The first-order valence-corrected chi connectivity index (χ1v) is 17.5. The van der Waals surface area contributed by atoms with Crippen molar-refractivity contribution in [2.45, 2.75) is 82.6 Å². The summed E-state index contributed by atoms with van der Waals surface area (Å²) in [5.74, 6) is 1.66. The minimum absolute atomic E-state index is 0.0501. The van der Waals surface area contributed by atoms with E-state index in [2.05, 4.69) is 39.8 Å². The predicted molar refractivity (Wildman–Crippen MR) is 179 cm³/mol. The minimum atomic E-state index is -0.347. The summed E-state index contributed by atoms with van der Waals surface area (Å²) in [5, 5.41) is 16.2. The van der Waals surface area contributed by atoms with Crippen LogP contribution in [0.3, 0.4) is 0 Å². The normalized spacial score (nSPS) is 27.0. The first-order chi connectivity index (χ1) is 22.6. The number of carbonyl (C=O) groups is 1. The molecule has 1 aliphatic carbocycles. The SMILES string of the molecule is C[C@H]1CN2CCC[C@@]2(COc2nc3c(c(N4CCCn5nc(C(=O)N(C)C)c(Cl)c5C4)n2)CN(C)[C@@]2(CCc4cccc(O)c42)C3)C1. The van der Waals surface area contributed by atoms with E-state index in [1.54, 1.807) is 14.1 Å². The Bertz CT molecular complexity index is 1740. The highest BCUT2D eigenvalue weighted by Crippen LogP contribution is 2.51. The van der Waals surface area contributed by atoms with E-state index < -0.39 is 0 Å². The van der Waals surface area contributed by atoms with Gasteiger partial charge in [0.1, 0.15) is 18.2 Å². The number of halogens is 1. The van der Waals surface area contributed by atoms with Crippen LogP contribution in [0.4, 0.5) is 5.82 Å². The molecule has 0 unspecified atom stereocenters. The number of benzene rings is 1. The van der Waals surface area contributed by atoms with Crippen molar-refractivity contribution in [3.8, 4) is 11.8 Å². The molecular formula is C35H45ClN8O3. The Hall–Kier alpha value is -3.41. The number of rotatable bonds is 5. The van der Waals surface area contributed by atoms with Crippen molar-refractivity contribution in [1.29, 1.82) is 0 Å². The zero-order valence-electron chi connectivity index (χ0n) is 27.9. The zero-order chi connectivity index (χ0) is 32.7. The first-order valence-electron chi connectivity index (χ1n) is 17.1. The lowest BCUT2D eigenvalue weighted by Crippen LogP contribution is -2.48. The van der Waals surface area contributed by atoms with Crippen LogP contribution in [0.2, 0.25) is 5.02 Å². The van der Waals surface area contributed by atoms with Crippen LogP contribution < -0.4 is 9.64 Å². The third kappa shape index (κ3) is 4.91. The Morgan fingerprint density at radius 3 is 2.83 bits per heavy atom. The molecule has 0 radical (unpaired) electrons. The largest absolute Gasteiger partial charge is 0.508 e. The van der Waals surface area contributed by atoms with Crippen molar-refractivity contribution >= 4 is 23.3 Å². The molecule has 2 fully saturated rings. The number of fused-ring (bicyclic) bond motifs is 5. The molecule has 3 aromatic rings. The van der Waals surface area contributed by atoms with Crippen molar-refractivity contribution in [3.05, 3.63) is 57.0 Å². The number of nitrogens with zero attached hydrogens (tertiary/aromatic N) is 8. The summed E-state index contributed by atoms with van der Waals surface area (Å²) in [4.78, 5) is 32.0. The van der Waals surface area contributed by atoms with E-state index in [-0.39, 0.29) is 22.7 Å². The van der Waals surface area contributed by atoms with E-state index in [1.807, 2.05) is 16.8 Å². The standard InChI is InChI=1S/C35H45ClN8O3/c1-22-16-34(11-6-14-43(34)18-22)21-47-33-37-25-17-35(12-10-23-8-5-9-27(45)28(23)35)41(4)19-24(25)31(38-33)42-13-7-15-44-26(20-42)29(36)30(39-44)32(46)40(2)3/h5,8-9,22,45H,6-7,10-21H2,1-4H3/t22-,34+,35+/m1/s1. The number of ether oxygens (including phenoxy) is 1. The van der Waals surface area contributed by atoms with Crippen LogP contribution in [0.5, 0.6) is 11.8 Å². The smallest absolute Gasteiger partial charge is 0.318 e. The van der Waals surface area contributed by atoms with E-state index >= 15 is 0 Å². The summed E-state index contributed by atoms with van der Waals surface area (Å²) in [6.07, 6.45) is 6.81. The third-order valence-corrected chi connectivity index (χ3v) is 11.9. The van der Waals surface area contributed by atoms with E-state index in [0.29, 0.717) is 55.4 Å². The molecule has 0 bridgehead atoms. The van der Waals surface area contributed by atoms with Crippen molar-refractivity contribution in [2.75, 3.05) is 52.3 Å². The molecule has 0 saturated carbocycles. The third-order valence-electron chi connectivity index (χ3n) is 11.6. The van der Waals surface area contributed by atoms with Crippen molar-refractivity contribution < 1.29 is 14.6 Å². The molecule has 6 heterocycles. The minimum Gasteiger partial charge on any atom is -0.508 e. The lowest BCUT2D eigenvalue weighted by molar-refractivity contribution is 0.0821. The quantitative estimate of drug-likeness (QED) is 0.431. The summed E-state index contributed by atoms with van der Waals surface area (Å²) in [6.45, 7) is 7.71. The summed E-state index contributed by atoms with van der Waals surface area (Å²) in [5.41, 5.74) is 5.11. The van der Waals surface area contributed by atoms with Crippen molar-refractivity contribution in [2.24, 2.45) is 5.92 Å². The second kappa shape index (κ2) is 11.3. The van der Waals surface area contributed by atoms with Gasteiger partial charge >= 0.3 is 6.01 Å². The monoisotopic (exact) mass is 660 g/mol. The molecule has 12 heteroatoms. The molecular weight excluding hydrogens is 616 g/mol. The number of anilines is 1. The molecule has 1 N–H and O–H groups in total. The van der Waals surface area contributed by atoms with Crippen LogP contribution in [0.1, 0.15) is 77.6 Å². The molecule has 5 aliphatic rings. The van der Waals surface area contributed by atoms with E-state index in [0.717, 1.165) is 80.1 Å². The number of hydrogen-bond acceptors (Lipinski definition) is 9. The van der Waals surface area contributed by atoms with Crippen LogP contribution in [0, 0.1) is 5.92 Å². The molecule has 1 spiro atoms. The number of aromatic nitrogens is 4. The number of phenolic OH excluding ortho intramolecular Hbond substituents is 1. The van der Waals surface area contributed by atoms with Gasteiger partial charge in [0.2, 0.25) is 0 Å². The molecule has 47 heavy (non-hydrogen) atoms. The molecule has 3 atom stereocenters. The number of carbonyl (C=O) groups excluding carboxylic acids is 1. The fourth-order valence-corrected chi connectivity index (χ4v) is 9.60. The lowest BCUT2D eigenvalue weighted by Gasteiger charge is -2.45. The highest BCUT2D eigenvalue weighted by Gasteiger charge is 2.50. The van der Waals surface area contributed by atoms with Crippen LogP contribution in [0.15, 0.2) is 18.2 Å². The predicted octanol–water partition coefficient (Wildman–Crippen LogP) is 4.23. The van der Waals surface area contributed by atoms with Gasteiger partial charge in [-0.15, -0.1) is 0 Å². The van der Waals surface area contributed by atoms with E-state index in [4.69, 9.17) is 26.3 Å². The number of aromatic hydroxyl groups is 1. The molecule has 11 nitrogen and oxygen atoms in total. The van der Waals surface area contributed by atoms with Gasteiger partial charge in [-0.3, -0.25) is 19.3 Å². The zero-order valence-corrected chi connectivity index (χ0v) is 28.7. The number of amides is 1. The summed E-state index contributed by atoms with van der Waals surface area (Å²) >= 11 is 6.88. The highest BCUT2D eigenvalue weighted by molar-refractivity contribution is 6.34. The Morgan fingerprint density at radius 2 is 2.00 bits per heavy atom. The Balaban J connectivity index is 1.19. The van der Waals surface area contributed by atoms with Crippen LogP contribution in [-0.4, -0.2) is 98.4 Å². The van der Waals surface area contributed by atoms with E-state index in [9.17, 15) is 9.90 Å². The van der Waals surface area contributed by atoms with Crippen molar-refractivity contribution in [3.63, 3.8) is 0 Å². The fourth-order valence-electron chi connectivity index (χ4n) is 9.32. The second-order valence-corrected chi connectivity index (χ2v) is 15.2. The second-order valence-electron chi connectivity index (χ2n) is 14.8. The molecule has 2 saturated heterocycles. The Morgan fingerprint density at radius 1 is 1.15 bits per heavy atom. The molecule has 4 aliphatic heterocycles. The maximum absolute atomic E-state index is 12.9. The van der Waals surface area contributed by atoms with Crippen LogP contribution >= 0.6 is 11.6 Å². The summed E-state index contributed by atoms with van der Waals surface area (Å²) in [7, 11) is 5.58. The molecule has 1 amide bonds. The van der Waals surface area contributed by atoms with Gasteiger partial charge in [0.05, 0.1) is 34.0 Å². The molecule has 2 aromatic heterocycles. The number of phenols is 1. The lowest BCUT2D eigenvalue weighted by atomic mass is 9.80. The van der Waals surface area contributed by atoms with Gasteiger partial charge in [0.25, 0.3) is 5.91 Å². The molecule has 250 valence electrons. The maximum Gasteiger partial charge on any atom is 0.318 e.